The van der Waals surface area contributed by atoms with Crippen LogP contribution < -0.4 is 10.6 Å². The fourth-order valence-electron chi connectivity index (χ4n) is 1.97. The molecule has 0 heterocycles. The van der Waals surface area contributed by atoms with Gasteiger partial charge in [-0.25, -0.2) is 8.78 Å². The quantitative estimate of drug-likeness (QED) is 0.660. The van der Waals surface area contributed by atoms with E-state index >= 15 is 0 Å². The lowest BCUT2D eigenvalue weighted by Crippen LogP contribution is -2.13. The Bertz CT molecular complexity index is 884. The molecule has 0 aliphatic rings. The monoisotopic (exact) mass is 341 g/mol. The van der Waals surface area contributed by atoms with Gasteiger partial charge in [0.1, 0.15) is 23.3 Å². The van der Waals surface area contributed by atoms with Crippen LogP contribution in [0.4, 0.5) is 20.2 Å². The summed E-state index contributed by atoms with van der Waals surface area (Å²) in [5.74, 6) is -2.43. The number of benzene rings is 2. The van der Waals surface area contributed by atoms with Crippen LogP contribution in [0.2, 0.25) is 0 Å². The van der Waals surface area contributed by atoms with Gasteiger partial charge in [-0.3, -0.25) is 9.59 Å². The van der Waals surface area contributed by atoms with Gasteiger partial charge in [0.05, 0.1) is 0 Å². The number of carbonyl (C=O) groups excluding carboxylic acids is 2. The lowest BCUT2D eigenvalue weighted by Gasteiger charge is -2.06. The summed E-state index contributed by atoms with van der Waals surface area (Å²) in [6.45, 7) is 1.37. The average molecular weight is 341 g/mol. The maximum absolute atomic E-state index is 13.6. The summed E-state index contributed by atoms with van der Waals surface area (Å²) in [6, 6.07) is 10.6. The van der Waals surface area contributed by atoms with E-state index < -0.39 is 17.5 Å². The van der Waals surface area contributed by atoms with E-state index in [1.165, 1.54) is 19.1 Å². The van der Waals surface area contributed by atoms with Crippen LogP contribution in [0.25, 0.3) is 6.08 Å². The highest BCUT2D eigenvalue weighted by Crippen LogP contribution is 2.17. The van der Waals surface area contributed by atoms with Crippen LogP contribution in [0.15, 0.2) is 48.0 Å². The molecule has 2 aromatic carbocycles. The molecule has 0 bridgehead atoms. The molecular formula is C18H13F2N3O2. The average Bonchev–Trinajstić information content (AvgIpc) is 2.56. The van der Waals surface area contributed by atoms with E-state index in [9.17, 15) is 18.4 Å². The molecule has 126 valence electrons. The van der Waals surface area contributed by atoms with E-state index in [1.54, 1.807) is 18.2 Å². The highest BCUT2D eigenvalue weighted by molar-refractivity contribution is 6.09. The van der Waals surface area contributed by atoms with Gasteiger partial charge in [0.25, 0.3) is 5.91 Å². The Hall–Kier alpha value is -3.53. The van der Waals surface area contributed by atoms with E-state index in [1.807, 2.05) is 0 Å². The maximum Gasteiger partial charge on any atom is 0.266 e. The molecule has 0 fully saturated rings. The Labute approximate surface area is 142 Å². The van der Waals surface area contributed by atoms with Gasteiger partial charge < -0.3 is 10.6 Å². The summed E-state index contributed by atoms with van der Waals surface area (Å²) >= 11 is 0. The molecule has 0 saturated heterocycles. The predicted molar refractivity (Wildman–Crippen MR) is 89.3 cm³/mol. The van der Waals surface area contributed by atoms with Crippen LogP contribution in [-0.2, 0) is 9.59 Å². The minimum absolute atomic E-state index is 0.201. The molecule has 0 radical (unpaired) electrons. The van der Waals surface area contributed by atoms with Crippen molar-refractivity contribution in [1.29, 1.82) is 5.26 Å². The van der Waals surface area contributed by atoms with Gasteiger partial charge in [0.15, 0.2) is 0 Å². The van der Waals surface area contributed by atoms with Crippen LogP contribution in [0, 0.1) is 23.0 Å². The number of carbonyl (C=O) groups is 2. The van der Waals surface area contributed by atoms with Gasteiger partial charge in [-0.1, -0.05) is 0 Å². The van der Waals surface area contributed by atoms with Crippen LogP contribution in [0.1, 0.15) is 12.5 Å². The molecule has 0 atom stereocenters. The van der Waals surface area contributed by atoms with Gasteiger partial charge >= 0.3 is 0 Å². The van der Waals surface area contributed by atoms with Crippen molar-refractivity contribution in [2.45, 2.75) is 6.92 Å². The molecule has 25 heavy (non-hydrogen) atoms. The summed E-state index contributed by atoms with van der Waals surface area (Å²) in [5.41, 5.74) is 0.339. The molecule has 2 N–H and O–H groups in total. The Kier molecular flexibility index (Phi) is 5.58. The lowest BCUT2D eigenvalue weighted by atomic mass is 10.1. The van der Waals surface area contributed by atoms with Crippen LogP contribution >= 0.6 is 0 Å². The number of rotatable bonds is 4. The Morgan fingerprint density at radius 1 is 1.04 bits per heavy atom. The fourth-order valence-corrected chi connectivity index (χ4v) is 1.97. The van der Waals surface area contributed by atoms with E-state index in [-0.39, 0.29) is 17.0 Å². The van der Waals surface area contributed by atoms with Gasteiger partial charge in [-0.15, -0.1) is 0 Å². The summed E-state index contributed by atoms with van der Waals surface area (Å²) < 4.78 is 26.8. The Morgan fingerprint density at radius 3 is 2.20 bits per heavy atom. The van der Waals surface area contributed by atoms with Crippen molar-refractivity contribution in [3.8, 4) is 6.07 Å². The van der Waals surface area contributed by atoms with Gasteiger partial charge in [0, 0.05) is 23.9 Å². The molecular weight excluding hydrogens is 328 g/mol. The second-order valence-electron chi connectivity index (χ2n) is 5.05. The fraction of sp³-hybridized carbons (Fsp3) is 0.0556. The SMILES string of the molecule is CC(=O)Nc1ccc(NC(=O)/C(C#N)=C/c2cc(F)ccc2F)cc1. The molecule has 7 heteroatoms. The molecule has 0 aliphatic heterocycles. The van der Waals surface area contributed by atoms with Crippen molar-refractivity contribution in [3.05, 3.63) is 65.2 Å². The summed E-state index contributed by atoms with van der Waals surface area (Å²) in [4.78, 5) is 23.1. The van der Waals surface area contributed by atoms with Crippen LogP contribution in [0.5, 0.6) is 0 Å². The first-order valence-electron chi connectivity index (χ1n) is 7.15. The van der Waals surface area contributed by atoms with E-state index in [0.717, 1.165) is 24.3 Å². The smallest absolute Gasteiger partial charge is 0.266 e. The normalized spacial score (nSPS) is 10.7. The third-order valence-electron chi connectivity index (χ3n) is 3.09. The topological polar surface area (TPSA) is 82.0 Å². The molecule has 0 aliphatic carbocycles. The Balaban J connectivity index is 2.17. The first-order chi connectivity index (χ1) is 11.9. The number of amides is 2. The van der Waals surface area contributed by atoms with Gasteiger partial charge in [0.2, 0.25) is 5.91 Å². The molecule has 0 aromatic heterocycles. The van der Waals surface area contributed by atoms with Crippen molar-refractivity contribution < 1.29 is 18.4 Å². The lowest BCUT2D eigenvalue weighted by molar-refractivity contribution is -0.114. The van der Waals surface area contributed by atoms with Crippen molar-refractivity contribution >= 4 is 29.3 Å². The first-order valence-corrected chi connectivity index (χ1v) is 7.15. The van der Waals surface area contributed by atoms with Gasteiger partial charge in [-0.05, 0) is 48.5 Å². The third-order valence-corrected chi connectivity index (χ3v) is 3.09. The number of anilines is 2. The van der Waals surface area contributed by atoms with E-state index in [2.05, 4.69) is 10.6 Å². The first kappa shape index (κ1) is 17.8. The number of halogens is 2. The second kappa shape index (κ2) is 7.84. The van der Waals surface area contributed by atoms with Crippen LogP contribution in [0.3, 0.4) is 0 Å². The minimum Gasteiger partial charge on any atom is -0.326 e. The molecule has 2 aromatic rings. The minimum atomic E-state index is -0.765. The molecule has 0 spiro atoms. The zero-order valence-electron chi connectivity index (χ0n) is 13.1. The highest BCUT2D eigenvalue weighted by atomic mass is 19.1. The third kappa shape index (κ3) is 4.97. The summed E-state index contributed by atoms with van der Waals surface area (Å²) in [5, 5.41) is 14.1. The predicted octanol–water partition coefficient (Wildman–Crippen LogP) is 3.47. The number of hydrogen-bond acceptors (Lipinski definition) is 3. The summed E-state index contributed by atoms with van der Waals surface area (Å²) in [7, 11) is 0. The van der Waals surface area contributed by atoms with E-state index in [4.69, 9.17) is 5.26 Å². The molecule has 2 amide bonds. The van der Waals surface area contributed by atoms with Gasteiger partial charge in [-0.2, -0.15) is 5.26 Å². The molecule has 0 saturated carbocycles. The number of nitrogens with zero attached hydrogens (tertiary/aromatic N) is 1. The summed E-state index contributed by atoms with van der Waals surface area (Å²) in [6.07, 6.45) is 0.972. The molecule has 2 rings (SSSR count). The van der Waals surface area contributed by atoms with Crippen molar-refractivity contribution in [2.75, 3.05) is 10.6 Å². The van der Waals surface area contributed by atoms with E-state index in [0.29, 0.717) is 11.4 Å². The zero-order valence-corrected chi connectivity index (χ0v) is 13.1. The molecule has 0 unspecified atom stereocenters. The van der Waals surface area contributed by atoms with Crippen LogP contribution in [-0.4, -0.2) is 11.8 Å². The Morgan fingerprint density at radius 2 is 1.64 bits per heavy atom. The van der Waals surface area contributed by atoms with Crippen molar-refractivity contribution in [3.63, 3.8) is 0 Å². The maximum atomic E-state index is 13.6. The number of hydrogen-bond donors (Lipinski definition) is 2. The van der Waals surface area contributed by atoms with Crippen molar-refractivity contribution in [1.82, 2.24) is 0 Å². The molecule has 5 nitrogen and oxygen atoms in total. The second-order valence-corrected chi connectivity index (χ2v) is 5.05. The van der Waals surface area contributed by atoms with Crippen molar-refractivity contribution in [2.24, 2.45) is 0 Å². The highest BCUT2D eigenvalue weighted by Gasteiger charge is 2.11. The standard InChI is InChI=1S/C18H13F2N3O2/c1-11(24)22-15-3-5-16(6-4-15)23-18(25)13(10-21)8-12-9-14(19)2-7-17(12)20/h2-9H,1H3,(H,22,24)(H,23,25)/b13-8+. The largest absolute Gasteiger partial charge is 0.326 e. The number of nitriles is 1. The zero-order chi connectivity index (χ0) is 18.4. The number of nitrogens with one attached hydrogen (secondary N) is 2.